The summed E-state index contributed by atoms with van der Waals surface area (Å²) in [6.45, 7) is 0.490. The van der Waals surface area contributed by atoms with E-state index in [0.717, 1.165) is 40.2 Å². The minimum absolute atomic E-state index is 0.244. The summed E-state index contributed by atoms with van der Waals surface area (Å²) in [5.74, 6) is 1.29. The number of aromatic nitrogens is 2. The number of nitrogens with zero attached hydrogens (tertiary/aromatic N) is 2. The SMILES string of the molecule is Fc1cccc(CNc2cccc(-c3cc(NC4CCC([As])CC4)ncc3Cl)n2)c1. The molecule has 1 fully saturated rings. The Labute approximate surface area is 190 Å². The molecule has 2 heterocycles. The van der Waals surface area contributed by atoms with Crippen molar-refractivity contribution in [2.24, 2.45) is 0 Å². The number of halogens is 2. The van der Waals surface area contributed by atoms with E-state index in [-0.39, 0.29) is 5.82 Å². The van der Waals surface area contributed by atoms with Crippen LogP contribution in [-0.4, -0.2) is 32.9 Å². The molecule has 0 amide bonds. The zero-order valence-electron chi connectivity index (χ0n) is 16.5. The van der Waals surface area contributed by atoms with Crippen molar-refractivity contribution in [1.29, 1.82) is 0 Å². The molecule has 30 heavy (non-hydrogen) atoms. The molecule has 1 aliphatic rings. The molecule has 3 aromatic rings. The molecule has 1 saturated carbocycles. The summed E-state index contributed by atoms with van der Waals surface area (Å²) in [6.07, 6.45) is 6.42. The van der Waals surface area contributed by atoms with Gasteiger partial charge in [0.05, 0.1) is 0 Å². The molecule has 154 valence electrons. The van der Waals surface area contributed by atoms with Gasteiger partial charge in [-0.25, -0.2) is 4.39 Å². The van der Waals surface area contributed by atoms with Crippen LogP contribution in [0.25, 0.3) is 11.3 Å². The van der Waals surface area contributed by atoms with Gasteiger partial charge in [0.15, 0.2) is 0 Å². The summed E-state index contributed by atoms with van der Waals surface area (Å²) < 4.78 is 14.1. The predicted molar refractivity (Wildman–Crippen MR) is 122 cm³/mol. The summed E-state index contributed by atoms with van der Waals surface area (Å²) in [6, 6.07) is 14.7. The Morgan fingerprint density at radius 3 is 2.63 bits per heavy atom. The van der Waals surface area contributed by atoms with E-state index < -0.39 is 0 Å². The zero-order chi connectivity index (χ0) is 20.9. The third-order valence-corrected chi connectivity index (χ3v) is 6.68. The van der Waals surface area contributed by atoms with Gasteiger partial charge in [0.2, 0.25) is 0 Å². The molecule has 2 radical (unpaired) electrons. The largest absolute Gasteiger partial charge is 0.0213 e. The molecule has 7 heteroatoms. The Bertz CT molecular complexity index is 1010. The van der Waals surface area contributed by atoms with Gasteiger partial charge in [0, 0.05) is 6.54 Å². The van der Waals surface area contributed by atoms with Gasteiger partial charge in [-0.1, -0.05) is 12.1 Å². The molecule has 0 bridgehead atoms. The fraction of sp³-hybridized carbons (Fsp3) is 0.304. The van der Waals surface area contributed by atoms with E-state index in [1.807, 2.05) is 30.3 Å². The quantitative estimate of drug-likeness (QED) is 0.430. The number of benzene rings is 1. The van der Waals surface area contributed by atoms with Crippen LogP contribution < -0.4 is 10.6 Å². The molecule has 0 aliphatic heterocycles. The van der Waals surface area contributed by atoms with Crippen LogP contribution in [0.5, 0.6) is 0 Å². The Morgan fingerprint density at radius 2 is 1.83 bits per heavy atom. The normalized spacial score (nSPS) is 18.8. The van der Waals surface area contributed by atoms with Crippen LogP contribution in [0.1, 0.15) is 31.2 Å². The number of hydrogen-bond acceptors (Lipinski definition) is 4. The molecule has 0 saturated heterocycles. The van der Waals surface area contributed by atoms with Crippen LogP contribution in [0.2, 0.25) is 9.73 Å². The first-order valence-corrected chi connectivity index (χ1v) is 11.6. The van der Waals surface area contributed by atoms with Crippen LogP contribution in [-0.2, 0) is 6.54 Å². The Hall–Kier alpha value is -2.10. The Kier molecular flexibility index (Phi) is 6.91. The summed E-state index contributed by atoms with van der Waals surface area (Å²) in [4.78, 5) is 9.15. The van der Waals surface area contributed by atoms with Gasteiger partial charge in [-0.2, -0.15) is 0 Å². The molecule has 1 aliphatic carbocycles. The van der Waals surface area contributed by atoms with Crippen molar-refractivity contribution >= 4 is 40.1 Å². The summed E-state index contributed by atoms with van der Waals surface area (Å²) in [5.41, 5.74) is 2.46. The number of nitrogens with one attached hydrogen (secondary N) is 2. The predicted octanol–water partition coefficient (Wildman–Crippen LogP) is 5.86. The van der Waals surface area contributed by atoms with E-state index in [4.69, 9.17) is 16.6 Å². The first-order valence-electron chi connectivity index (χ1n) is 10.1. The minimum Gasteiger partial charge on any atom is -0.0213 e. The number of hydrogen-bond donors (Lipinski definition) is 2. The van der Waals surface area contributed by atoms with E-state index in [9.17, 15) is 4.39 Å². The molecule has 0 spiro atoms. The summed E-state index contributed by atoms with van der Waals surface area (Å²) in [7, 11) is 0. The number of anilines is 2. The number of pyridine rings is 2. The van der Waals surface area contributed by atoms with E-state index in [1.165, 1.54) is 25.0 Å². The van der Waals surface area contributed by atoms with Gasteiger partial charge in [0.1, 0.15) is 5.82 Å². The van der Waals surface area contributed by atoms with Crippen LogP contribution in [0.4, 0.5) is 16.0 Å². The van der Waals surface area contributed by atoms with Gasteiger partial charge in [-0.15, -0.1) is 0 Å². The smallest absolute Gasteiger partial charge is 0.0213 e. The third-order valence-electron chi connectivity index (χ3n) is 5.29. The van der Waals surface area contributed by atoms with Crippen molar-refractivity contribution in [3.63, 3.8) is 0 Å². The van der Waals surface area contributed by atoms with E-state index in [1.54, 1.807) is 12.3 Å². The van der Waals surface area contributed by atoms with Crippen molar-refractivity contribution in [2.75, 3.05) is 10.6 Å². The second-order valence-electron chi connectivity index (χ2n) is 7.59. The first-order chi connectivity index (χ1) is 14.6. The first kappa shape index (κ1) is 21.1. The van der Waals surface area contributed by atoms with Crippen LogP contribution in [0, 0.1) is 5.82 Å². The monoisotopic (exact) mass is 484 g/mol. The zero-order valence-corrected chi connectivity index (χ0v) is 19.1. The maximum atomic E-state index is 13.4. The second kappa shape index (κ2) is 9.80. The van der Waals surface area contributed by atoms with Crippen molar-refractivity contribution in [2.45, 2.75) is 43.0 Å². The fourth-order valence-electron chi connectivity index (χ4n) is 3.67. The van der Waals surface area contributed by atoms with Gasteiger partial charge in [0.25, 0.3) is 0 Å². The molecule has 4 nitrogen and oxygen atoms in total. The maximum Gasteiger partial charge on any atom is -0.0213 e. The van der Waals surface area contributed by atoms with Gasteiger partial charge in [-0.05, 0) is 17.7 Å². The molecule has 1 aromatic carbocycles. The van der Waals surface area contributed by atoms with Gasteiger partial charge < -0.3 is 0 Å². The molecule has 2 aromatic heterocycles. The summed E-state index contributed by atoms with van der Waals surface area (Å²) >= 11 is 9.22. The van der Waals surface area contributed by atoms with E-state index >= 15 is 0 Å². The van der Waals surface area contributed by atoms with Gasteiger partial charge >= 0.3 is 144 Å². The molecular weight excluding hydrogens is 462 g/mol. The fourth-order valence-corrected chi connectivity index (χ4v) is 4.49. The minimum atomic E-state index is -0.244. The number of rotatable bonds is 6. The maximum absolute atomic E-state index is 13.4. The average Bonchev–Trinajstić information content (AvgIpc) is 2.75. The van der Waals surface area contributed by atoms with Crippen LogP contribution in [0.3, 0.4) is 0 Å². The van der Waals surface area contributed by atoms with Crippen LogP contribution >= 0.6 is 11.6 Å². The Balaban J connectivity index is 1.48. The van der Waals surface area contributed by atoms with E-state index in [0.29, 0.717) is 23.4 Å². The second-order valence-corrected chi connectivity index (χ2v) is 9.53. The molecule has 2 N–H and O–H groups in total. The molecule has 4 rings (SSSR count). The summed E-state index contributed by atoms with van der Waals surface area (Å²) in [5, 5.41) is 7.36. The standard InChI is InChI=1S/C23H23AsClFN4/c24-16-7-9-18(10-8-16)29-23-12-19(20(25)14-28-23)21-5-2-6-22(30-21)27-13-15-3-1-4-17(26)11-15/h1-6,11-12,14,16,18H,7-10,13H2,(H,27,30)(H,28,29). The molecule has 0 unspecified atom stereocenters. The Morgan fingerprint density at radius 1 is 1.03 bits per heavy atom. The molecular formula is C23H23AsClFN4. The third kappa shape index (κ3) is 5.53. The molecule has 0 atom stereocenters. The van der Waals surface area contributed by atoms with Crippen LogP contribution in [0.15, 0.2) is 54.7 Å². The van der Waals surface area contributed by atoms with Crippen molar-refractivity contribution in [3.8, 4) is 11.3 Å². The average molecular weight is 485 g/mol. The topological polar surface area (TPSA) is 49.8 Å². The van der Waals surface area contributed by atoms with Crippen molar-refractivity contribution < 1.29 is 4.39 Å². The van der Waals surface area contributed by atoms with Crippen molar-refractivity contribution in [3.05, 3.63) is 71.1 Å². The van der Waals surface area contributed by atoms with Crippen molar-refractivity contribution in [1.82, 2.24) is 9.97 Å². The van der Waals surface area contributed by atoms with E-state index in [2.05, 4.69) is 32.5 Å². The van der Waals surface area contributed by atoms with Gasteiger partial charge in [-0.3, -0.25) is 0 Å².